The minimum absolute atomic E-state index is 0.671. The Hall–Kier alpha value is -1.81. The fourth-order valence-electron chi connectivity index (χ4n) is 1.93. The molecule has 2 aromatic rings. The van der Waals surface area contributed by atoms with E-state index in [1.807, 2.05) is 37.3 Å². The van der Waals surface area contributed by atoms with Crippen LogP contribution in [-0.4, -0.2) is 16.5 Å². The Bertz CT molecular complexity index is 599. The number of anilines is 3. The number of halogens is 1. The molecule has 1 heterocycles. The van der Waals surface area contributed by atoms with Crippen molar-refractivity contribution in [2.45, 2.75) is 27.2 Å². The maximum atomic E-state index is 5.99. The first-order valence-corrected chi connectivity index (χ1v) is 7.53. The standard InChI is InChI=1S/C16H21ClN4/c1-11(2)7-8-18-15-10-16(20-12(3)19-15)21-14-6-4-5-13(17)9-14/h4-6,9-11H,7-8H2,1-3H3,(H2,18,19,20,21). The highest BCUT2D eigenvalue weighted by atomic mass is 35.5. The minimum Gasteiger partial charge on any atom is -0.370 e. The summed E-state index contributed by atoms with van der Waals surface area (Å²) in [5.74, 6) is 3.00. The molecule has 0 aliphatic carbocycles. The fourth-order valence-corrected chi connectivity index (χ4v) is 2.12. The second-order valence-electron chi connectivity index (χ2n) is 5.43. The van der Waals surface area contributed by atoms with E-state index in [1.165, 1.54) is 0 Å². The Morgan fingerprint density at radius 3 is 2.62 bits per heavy atom. The van der Waals surface area contributed by atoms with Crippen molar-refractivity contribution in [1.82, 2.24) is 9.97 Å². The molecule has 0 fully saturated rings. The number of hydrogen-bond acceptors (Lipinski definition) is 4. The third-order valence-corrected chi connectivity index (χ3v) is 3.20. The summed E-state index contributed by atoms with van der Waals surface area (Å²) in [4.78, 5) is 8.80. The van der Waals surface area contributed by atoms with Crippen LogP contribution >= 0.6 is 11.6 Å². The van der Waals surface area contributed by atoms with Crippen LogP contribution in [0.2, 0.25) is 5.02 Å². The molecule has 4 nitrogen and oxygen atoms in total. The lowest BCUT2D eigenvalue weighted by Crippen LogP contribution is -2.08. The molecule has 0 saturated carbocycles. The van der Waals surface area contributed by atoms with Gasteiger partial charge in [0.1, 0.15) is 17.5 Å². The molecule has 0 bridgehead atoms. The van der Waals surface area contributed by atoms with Gasteiger partial charge >= 0.3 is 0 Å². The van der Waals surface area contributed by atoms with Crippen LogP contribution in [0.3, 0.4) is 0 Å². The predicted molar refractivity (Wildman–Crippen MR) is 89.4 cm³/mol. The molecule has 5 heteroatoms. The molecular formula is C16H21ClN4. The molecular weight excluding hydrogens is 284 g/mol. The summed E-state index contributed by atoms with van der Waals surface area (Å²) in [7, 11) is 0. The Morgan fingerprint density at radius 2 is 1.90 bits per heavy atom. The molecule has 0 aliphatic rings. The number of benzene rings is 1. The van der Waals surface area contributed by atoms with Crippen LogP contribution in [0.1, 0.15) is 26.1 Å². The van der Waals surface area contributed by atoms with Gasteiger partial charge in [0.05, 0.1) is 0 Å². The smallest absolute Gasteiger partial charge is 0.136 e. The number of aromatic nitrogens is 2. The fraction of sp³-hybridized carbons (Fsp3) is 0.375. The summed E-state index contributed by atoms with van der Waals surface area (Å²) >= 11 is 5.99. The van der Waals surface area contributed by atoms with E-state index in [1.54, 1.807) is 0 Å². The van der Waals surface area contributed by atoms with E-state index in [0.717, 1.165) is 36.1 Å². The van der Waals surface area contributed by atoms with Crippen molar-refractivity contribution in [3.63, 3.8) is 0 Å². The molecule has 0 spiro atoms. The first-order valence-electron chi connectivity index (χ1n) is 7.15. The number of nitrogens with zero attached hydrogens (tertiary/aromatic N) is 2. The van der Waals surface area contributed by atoms with Crippen LogP contribution in [0.4, 0.5) is 17.3 Å². The van der Waals surface area contributed by atoms with Crippen LogP contribution in [0, 0.1) is 12.8 Å². The van der Waals surface area contributed by atoms with Crippen molar-refractivity contribution in [3.8, 4) is 0 Å². The zero-order valence-electron chi connectivity index (χ0n) is 12.7. The van der Waals surface area contributed by atoms with E-state index >= 15 is 0 Å². The SMILES string of the molecule is Cc1nc(NCCC(C)C)cc(Nc2cccc(Cl)c2)n1. The van der Waals surface area contributed by atoms with Crippen molar-refractivity contribution < 1.29 is 0 Å². The van der Waals surface area contributed by atoms with Gasteiger partial charge in [-0.2, -0.15) is 0 Å². The quantitative estimate of drug-likeness (QED) is 0.816. The molecule has 0 unspecified atom stereocenters. The Morgan fingerprint density at radius 1 is 1.14 bits per heavy atom. The Labute approximate surface area is 131 Å². The molecule has 112 valence electrons. The second kappa shape index (κ2) is 7.27. The van der Waals surface area contributed by atoms with Gasteiger partial charge in [-0.15, -0.1) is 0 Å². The molecule has 0 amide bonds. The number of aryl methyl sites for hydroxylation is 1. The highest BCUT2D eigenvalue weighted by Gasteiger charge is 2.03. The van der Waals surface area contributed by atoms with Gasteiger partial charge in [0.25, 0.3) is 0 Å². The zero-order chi connectivity index (χ0) is 15.2. The highest BCUT2D eigenvalue weighted by molar-refractivity contribution is 6.30. The lowest BCUT2D eigenvalue weighted by atomic mass is 10.1. The first-order chi connectivity index (χ1) is 10.0. The average molecular weight is 305 g/mol. The molecule has 0 radical (unpaired) electrons. The summed E-state index contributed by atoms with van der Waals surface area (Å²) in [5, 5.41) is 7.28. The van der Waals surface area contributed by atoms with Gasteiger partial charge < -0.3 is 10.6 Å². The van der Waals surface area contributed by atoms with E-state index in [9.17, 15) is 0 Å². The lowest BCUT2D eigenvalue weighted by molar-refractivity contribution is 0.606. The number of rotatable bonds is 6. The van der Waals surface area contributed by atoms with Crippen LogP contribution in [-0.2, 0) is 0 Å². The summed E-state index contributed by atoms with van der Waals surface area (Å²) in [5.41, 5.74) is 0.911. The topological polar surface area (TPSA) is 49.8 Å². The van der Waals surface area contributed by atoms with Gasteiger partial charge in [-0.1, -0.05) is 31.5 Å². The van der Waals surface area contributed by atoms with Crippen molar-refractivity contribution in [3.05, 3.63) is 41.2 Å². The molecule has 2 N–H and O–H groups in total. The second-order valence-corrected chi connectivity index (χ2v) is 5.87. The summed E-state index contributed by atoms with van der Waals surface area (Å²) in [6.07, 6.45) is 1.11. The molecule has 0 atom stereocenters. The largest absolute Gasteiger partial charge is 0.370 e. The van der Waals surface area contributed by atoms with Gasteiger partial charge in [0, 0.05) is 23.3 Å². The normalized spacial score (nSPS) is 10.7. The zero-order valence-corrected chi connectivity index (χ0v) is 13.4. The summed E-state index contributed by atoms with van der Waals surface area (Å²) in [6, 6.07) is 9.48. The first kappa shape index (κ1) is 15.6. The van der Waals surface area contributed by atoms with E-state index in [2.05, 4.69) is 34.4 Å². The highest BCUT2D eigenvalue weighted by Crippen LogP contribution is 2.20. The van der Waals surface area contributed by atoms with Crippen molar-refractivity contribution in [2.24, 2.45) is 5.92 Å². The minimum atomic E-state index is 0.671. The third-order valence-electron chi connectivity index (χ3n) is 2.96. The summed E-state index contributed by atoms with van der Waals surface area (Å²) in [6.45, 7) is 7.21. The van der Waals surface area contributed by atoms with Gasteiger partial charge in [-0.05, 0) is 37.5 Å². The molecule has 21 heavy (non-hydrogen) atoms. The van der Waals surface area contributed by atoms with Gasteiger partial charge in [0.15, 0.2) is 0 Å². The molecule has 1 aromatic heterocycles. The van der Waals surface area contributed by atoms with Crippen LogP contribution in [0.15, 0.2) is 30.3 Å². The lowest BCUT2D eigenvalue weighted by Gasteiger charge is -2.11. The van der Waals surface area contributed by atoms with E-state index < -0.39 is 0 Å². The van der Waals surface area contributed by atoms with Gasteiger partial charge in [0.2, 0.25) is 0 Å². The maximum Gasteiger partial charge on any atom is 0.136 e. The average Bonchev–Trinajstić information content (AvgIpc) is 2.37. The van der Waals surface area contributed by atoms with Crippen molar-refractivity contribution in [2.75, 3.05) is 17.2 Å². The van der Waals surface area contributed by atoms with Gasteiger partial charge in [-0.25, -0.2) is 9.97 Å². The number of nitrogens with one attached hydrogen (secondary N) is 2. The van der Waals surface area contributed by atoms with Crippen LogP contribution in [0.25, 0.3) is 0 Å². The van der Waals surface area contributed by atoms with Crippen molar-refractivity contribution in [1.29, 1.82) is 0 Å². The maximum absolute atomic E-state index is 5.99. The van der Waals surface area contributed by atoms with E-state index in [4.69, 9.17) is 11.6 Å². The van der Waals surface area contributed by atoms with E-state index in [0.29, 0.717) is 10.9 Å². The third kappa shape index (κ3) is 5.23. The molecule has 1 aromatic carbocycles. The number of hydrogen-bond donors (Lipinski definition) is 2. The van der Waals surface area contributed by atoms with Crippen LogP contribution in [0.5, 0.6) is 0 Å². The van der Waals surface area contributed by atoms with Crippen LogP contribution < -0.4 is 10.6 Å². The Kier molecular flexibility index (Phi) is 5.39. The predicted octanol–water partition coefficient (Wildman–Crippen LogP) is 4.64. The van der Waals surface area contributed by atoms with Gasteiger partial charge in [-0.3, -0.25) is 0 Å². The monoisotopic (exact) mass is 304 g/mol. The summed E-state index contributed by atoms with van der Waals surface area (Å²) < 4.78 is 0. The Balaban J connectivity index is 2.07. The molecule has 0 saturated heterocycles. The molecule has 0 aliphatic heterocycles. The van der Waals surface area contributed by atoms with Crippen molar-refractivity contribution >= 4 is 28.9 Å². The molecule has 2 rings (SSSR count). The van der Waals surface area contributed by atoms with E-state index in [-0.39, 0.29) is 0 Å².